The number of rotatable bonds is 8. The van der Waals surface area contributed by atoms with Crippen LogP contribution in [-0.2, 0) is 14.1 Å². The van der Waals surface area contributed by atoms with Gasteiger partial charge in [-0.25, -0.2) is 0 Å². The Morgan fingerprint density at radius 3 is 2.14 bits per heavy atom. The fraction of sp³-hybridized carbons (Fsp3) is 0.680. The van der Waals surface area contributed by atoms with Crippen molar-refractivity contribution in [1.29, 1.82) is 0 Å². The Labute approximate surface area is 206 Å². The summed E-state index contributed by atoms with van der Waals surface area (Å²) in [6.07, 6.45) is -2.86. The third-order valence-corrected chi connectivity index (χ3v) is 7.86. The van der Waals surface area contributed by atoms with Gasteiger partial charge < -0.3 is 19.1 Å². The summed E-state index contributed by atoms with van der Waals surface area (Å²) in [5.74, 6) is -0.938. The minimum atomic E-state index is -4.40. The summed E-state index contributed by atoms with van der Waals surface area (Å²) in [4.78, 5) is 28.7. The molecule has 0 N–H and O–H groups in total. The Bertz CT molecular complexity index is 898. The smallest absolute Gasteiger partial charge is 0.399 e. The number of halogens is 3. The van der Waals surface area contributed by atoms with E-state index in [-0.39, 0.29) is 13.1 Å². The third kappa shape index (κ3) is 5.24. The van der Waals surface area contributed by atoms with E-state index in [0.717, 1.165) is 25.7 Å². The van der Waals surface area contributed by atoms with Gasteiger partial charge in [0.25, 0.3) is 5.91 Å². The third-order valence-electron chi connectivity index (χ3n) is 7.86. The number of benzene rings is 1. The second-order valence-electron chi connectivity index (χ2n) is 9.52. The predicted octanol–water partition coefficient (Wildman–Crippen LogP) is 4.17. The maximum atomic E-state index is 13.4. The lowest BCUT2D eigenvalue weighted by atomic mass is 9.75. The predicted molar refractivity (Wildman–Crippen MR) is 128 cm³/mol. The highest BCUT2D eigenvalue weighted by molar-refractivity contribution is 6.62. The number of amides is 2. The highest BCUT2D eigenvalue weighted by Gasteiger charge is 2.58. The number of hydrogen-bond donors (Lipinski definition) is 0. The summed E-state index contributed by atoms with van der Waals surface area (Å²) in [7, 11) is 0.888. The molecule has 0 saturated carbocycles. The van der Waals surface area contributed by atoms with Gasteiger partial charge in [-0.2, -0.15) is 13.2 Å². The molecule has 2 heterocycles. The Hall–Kier alpha value is -2.07. The first-order chi connectivity index (χ1) is 16.5. The van der Waals surface area contributed by atoms with Gasteiger partial charge in [0.05, 0.1) is 11.2 Å². The van der Waals surface area contributed by atoms with Crippen LogP contribution in [-0.4, -0.2) is 72.3 Å². The lowest BCUT2D eigenvalue weighted by Gasteiger charge is -2.42. The topological polar surface area (TPSA) is 59.1 Å². The molecule has 1 unspecified atom stereocenters. The molecule has 35 heavy (non-hydrogen) atoms. The second kappa shape index (κ2) is 10.5. The molecule has 0 aliphatic carbocycles. The van der Waals surface area contributed by atoms with Crippen molar-refractivity contribution < 1.29 is 32.1 Å². The Balaban J connectivity index is 1.87. The van der Waals surface area contributed by atoms with E-state index in [2.05, 4.69) is 27.7 Å². The molecule has 194 valence electrons. The van der Waals surface area contributed by atoms with Crippen molar-refractivity contribution in [3.05, 3.63) is 29.8 Å². The van der Waals surface area contributed by atoms with Gasteiger partial charge in [0.2, 0.25) is 5.91 Å². The summed E-state index contributed by atoms with van der Waals surface area (Å²) in [6.45, 7) is 8.78. The summed E-state index contributed by atoms with van der Waals surface area (Å²) < 4.78 is 51.7. The van der Waals surface area contributed by atoms with Crippen molar-refractivity contribution in [2.75, 3.05) is 20.1 Å². The van der Waals surface area contributed by atoms with Crippen molar-refractivity contribution in [3.63, 3.8) is 0 Å². The first-order valence-electron chi connectivity index (χ1n) is 12.5. The van der Waals surface area contributed by atoms with Crippen LogP contribution >= 0.6 is 0 Å². The summed E-state index contributed by atoms with van der Waals surface area (Å²) in [5, 5.41) is 0. The SMILES string of the molecule is CCC1(CC)OB(c2cccc(C(=O)N3CCN(C)C(=O)C3CCC(F)(F)F)c2)OC1(CC)CC. The molecule has 0 aromatic heterocycles. The van der Waals surface area contributed by atoms with E-state index < -0.39 is 55.2 Å². The first kappa shape index (κ1) is 27.5. The van der Waals surface area contributed by atoms with E-state index in [1.807, 2.05) is 6.07 Å². The first-order valence-corrected chi connectivity index (χ1v) is 12.5. The molecule has 1 atom stereocenters. The molecule has 2 amide bonds. The zero-order valence-corrected chi connectivity index (χ0v) is 21.3. The highest BCUT2D eigenvalue weighted by Crippen LogP contribution is 2.46. The maximum Gasteiger partial charge on any atom is 0.494 e. The zero-order valence-electron chi connectivity index (χ0n) is 21.3. The Morgan fingerprint density at radius 2 is 1.63 bits per heavy atom. The molecular formula is C25H36BF3N2O4. The van der Waals surface area contributed by atoms with Gasteiger partial charge in [0.15, 0.2) is 0 Å². The molecule has 1 aromatic carbocycles. The van der Waals surface area contributed by atoms with Crippen LogP contribution in [0.4, 0.5) is 13.2 Å². The maximum absolute atomic E-state index is 13.4. The van der Waals surface area contributed by atoms with Crippen molar-refractivity contribution in [2.24, 2.45) is 0 Å². The average molecular weight is 496 g/mol. The largest absolute Gasteiger partial charge is 0.494 e. The van der Waals surface area contributed by atoms with Crippen molar-refractivity contribution in [2.45, 2.75) is 89.6 Å². The van der Waals surface area contributed by atoms with E-state index in [1.165, 1.54) is 9.80 Å². The zero-order chi connectivity index (χ0) is 26.0. The Kier molecular flexibility index (Phi) is 8.26. The van der Waals surface area contributed by atoms with Gasteiger partial charge in [-0.05, 0) is 49.7 Å². The van der Waals surface area contributed by atoms with Crippen LogP contribution in [0.15, 0.2) is 24.3 Å². The molecule has 3 rings (SSSR count). The monoisotopic (exact) mass is 496 g/mol. The fourth-order valence-electron chi connectivity index (χ4n) is 5.63. The van der Waals surface area contributed by atoms with E-state index in [0.29, 0.717) is 11.0 Å². The molecule has 0 bridgehead atoms. The molecular weight excluding hydrogens is 460 g/mol. The molecule has 2 saturated heterocycles. The van der Waals surface area contributed by atoms with Crippen molar-refractivity contribution in [1.82, 2.24) is 9.80 Å². The fourth-order valence-corrected chi connectivity index (χ4v) is 5.63. The number of nitrogens with zero attached hydrogens (tertiary/aromatic N) is 2. The van der Waals surface area contributed by atoms with E-state index in [1.54, 1.807) is 25.2 Å². The molecule has 1 aromatic rings. The standard InChI is InChI=1S/C25H36BF3N2O4/c1-6-23(7-2)24(8-3,9-4)35-26(34-23)19-12-10-11-18(17-19)21(32)31-16-15-30(5)22(33)20(31)13-14-25(27,28)29/h10-12,17,20H,6-9,13-16H2,1-5H3. The normalized spacial score (nSPS) is 22.1. The lowest BCUT2D eigenvalue weighted by molar-refractivity contribution is -0.148. The lowest BCUT2D eigenvalue weighted by Crippen LogP contribution is -2.57. The van der Waals surface area contributed by atoms with Gasteiger partial charge in [-0.3, -0.25) is 9.59 Å². The van der Waals surface area contributed by atoms with Gasteiger partial charge in [0, 0.05) is 32.1 Å². The molecule has 0 spiro atoms. The van der Waals surface area contributed by atoms with Crippen molar-refractivity contribution in [3.8, 4) is 0 Å². The van der Waals surface area contributed by atoms with E-state index in [4.69, 9.17) is 9.31 Å². The molecule has 2 aliphatic rings. The number of piperazine rings is 1. The Morgan fingerprint density at radius 1 is 1.06 bits per heavy atom. The minimum Gasteiger partial charge on any atom is -0.399 e. The van der Waals surface area contributed by atoms with Crippen LogP contribution in [0.2, 0.25) is 0 Å². The number of alkyl halides is 3. The molecule has 2 aliphatic heterocycles. The van der Waals surface area contributed by atoms with Crippen LogP contribution in [0.3, 0.4) is 0 Å². The van der Waals surface area contributed by atoms with Gasteiger partial charge in [-0.1, -0.05) is 39.8 Å². The van der Waals surface area contributed by atoms with Gasteiger partial charge in [0.1, 0.15) is 6.04 Å². The van der Waals surface area contributed by atoms with Gasteiger partial charge >= 0.3 is 13.3 Å². The second-order valence-corrected chi connectivity index (χ2v) is 9.52. The molecule has 2 fully saturated rings. The van der Waals surface area contributed by atoms with Crippen molar-refractivity contribution >= 4 is 24.4 Å². The summed E-state index contributed by atoms with van der Waals surface area (Å²) in [5.41, 5.74) is 0.0768. The number of likely N-dealkylation sites (N-methyl/N-ethyl adjacent to an activating group) is 1. The summed E-state index contributed by atoms with van der Waals surface area (Å²) in [6, 6.07) is 5.69. The van der Waals surface area contributed by atoms with Crippen LogP contribution in [0.1, 0.15) is 76.6 Å². The van der Waals surface area contributed by atoms with Crippen LogP contribution in [0.5, 0.6) is 0 Å². The number of carbonyl (C=O) groups is 2. The number of hydrogen-bond acceptors (Lipinski definition) is 4. The molecule has 6 nitrogen and oxygen atoms in total. The van der Waals surface area contributed by atoms with E-state index >= 15 is 0 Å². The van der Waals surface area contributed by atoms with Gasteiger partial charge in [-0.15, -0.1) is 0 Å². The molecule has 10 heteroatoms. The average Bonchev–Trinajstić information content (AvgIpc) is 3.19. The minimum absolute atomic E-state index is 0.174. The quantitative estimate of drug-likeness (QED) is 0.507. The van der Waals surface area contributed by atoms with Crippen LogP contribution in [0, 0.1) is 0 Å². The highest BCUT2D eigenvalue weighted by atomic mass is 19.4. The summed E-state index contributed by atoms with van der Waals surface area (Å²) >= 11 is 0. The number of carbonyl (C=O) groups excluding carboxylic acids is 2. The van der Waals surface area contributed by atoms with E-state index in [9.17, 15) is 22.8 Å². The molecule has 0 radical (unpaired) electrons. The van der Waals surface area contributed by atoms with Crippen LogP contribution < -0.4 is 5.46 Å². The van der Waals surface area contributed by atoms with Crippen LogP contribution in [0.25, 0.3) is 0 Å².